The van der Waals surface area contributed by atoms with E-state index in [0.717, 1.165) is 0 Å². The lowest BCUT2D eigenvalue weighted by Crippen LogP contribution is -2.27. The van der Waals surface area contributed by atoms with Crippen LogP contribution in [0.15, 0.2) is 35.2 Å². The highest BCUT2D eigenvalue weighted by atomic mass is 35.5. The molecule has 0 aromatic heterocycles. The number of benzene rings is 2. The molecule has 2 rings (SSSR count). The van der Waals surface area contributed by atoms with E-state index in [4.69, 9.17) is 37.4 Å². The summed E-state index contributed by atoms with van der Waals surface area (Å²) in [5, 5.41) is -0.0769. The molecule has 9 heteroatoms. The third-order valence-corrected chi connectivity index (χ3v) is 6.32. The Morgan fingerprint density at radius 1 is 0.923 bits per heavy atom. The van der Waals surface area contributed by atoms with Crippen molar-refractivity contribution in [2.75, 3.05) is 21.3 Å². The average Bonchev–Trinajstić information content (AvgIpc) is 2.62. The highest BCUT2D eigenvalue weighted by Gasteiger charge is 2.25. The summed E-state index contributed by atoms with van der Waals surface area (Å²) in [7, 11) is 0.503. The van der Waals surface area contributed by atoms with Crippen molar-refractivity contribution in [3.05, 3.63) is 45.9 Å². The molecule has 1 atom stereocenters. The van der Waals surface area contributed by atoms with Gasteiger partial charge in [0.1, 0.15) is 27.2 Å². The summed E-state index contributed by atoms with van der Waals surface area (Å²) in [6.45, 7) is 1.69. The Labute approximate surface area is 163 Å². The molecule has 6 nitrogen and oxygen atoms in total. The van der Waals surface area contributed by atoms with E-state index in [0.29, 0.717) is 17.1 Å². The van der Waals surface area contributed by atoms with Crippen LogP contribution < -0.4 is 18.9 Å². The van der Waals surface area contributed by atoms with E-state index in [1.807, 2.05) is 0 Å². The first-order valence-corrected chi connectivity index (χ1v) is 9.75. The van der Waals surface area contributed by atoms with Crippen molar-refractivity contribution in [3.63, 3.8) is 0 Å². The van der Waals surface area contributed by atoms with Gasteiger partial charge in [-0.25, -0.2) is 13.1 Å². The molecular formula is C17H19Cl2NO5S. The number of sulfonamides is 1. The summed E-state index contributed by atoms with van der Waals surface area (Å²) in [6.07, 6.45) is 0. The van der Waals surface area contributed by atoms with Crippen LogP contribution >= 0.6 is 23.2 Å². The predicted octanol–water partition coefficient (Wildman–Crippen LogP) is 4.06. The second-order valence-corrected chi connectivity index (χ2v) is 7.78. The van der Waals surface area contributed by atoms with Crippen LogP contribution in [0.5, 0.6) is 17.2 Å². The van der Waals surface area contributed by atoms with Gasteiger partial charge in [0.2, 0.25) is 10.0 Å². The molecule has 0 radical (unpaired) electrons. The number of ether oxygens (including phenoxy) is 3. The number of halogens is 2. The van der Waals surface area contributed by atoms with Crippen molar-refractivity contribution in [3.8, 4) is 17.2 Å². The Balaban J connectivity index is 2.40. The normalized spacial score (nSPS) is 12.5. The maximum Gasteiger partial charge on any atom is 0.242 e. The highest BCUT2D eigenvalue weighted by molar-refractivity contribution is 7.89. The SMILES string of the molecule is COc1ccc(OC)c([C@@H](C)NS(=O)(=O)c2ccc(OC)c(Cl)c2Cl)c1. The molecule has 142 valence electrons. The first-order valence-electron chi connectivity index (χ1n) is 7.51. The van der Waals surface area contributed by atoms with Crippen molar-refractivity contribution in [2.45, 2.75) is 17.9 Å². The number of methoxy groups -OCH3 is 3. The molecule has 0 aliphatic carbocycles. The Hall–Kier alpha value is -1.67. The van der Waals surface area contributed by atoms with Gasteiger partial charge >= 0.3 is 0 Å². The molecule has 0 saturated heterocycles. The zero-order valence-corrected chi connectivity index (χ0v) is 17.0. The molecular weight excluding hydrogens is 401 g/mol. The Morgan fingerprint density at radius 3 is 2.12 bits per heavy atom. The summed E-state index contributed by atoms with van der Waals surface area (Å²) in [5.41, 5.74) is 0.617. The zero-order valence-electron chi connectivity index (χ0n) is 14.7. The standard InChI is InChI=1S/C17H19Cl2NO5S/c1-10(12-9-11(23-2)5-6-13(12)24-3)20-26(21,22)15-8-7-14(25-4)16(18)17(15)19/h5-10,20H,1-4H3/t10-/m1/s1. The topological polar surface area (TPSA) is 73.9 Å². The molecule has 0 aliphatic rings. The van der Waals surface area contributed by atoms with Crippen LogP contribution in [-0.4, -0.2) is 29.7 Å². The fraction of sp³-hybridized carbons (Fsp3) is 0.294. The smallest absolute Gasteiger partial charge is 0.242 e. The van der Waals surface area contributed by atoms with Crippen LogP contribution in [0.25, 0.3) is 0 Å². The van der Waals surface area contributed by atoms with Gasteiger partial charge in [-0.2, -0.15) is 0 Å². The number of nitrogens with one attached hydrogen (secondary N) is 1. The third-order valence-electron chi connectivity index (χ3n) is 3.76. The summed E-state index contributed by atoms with van der Waals surface area (Å²) < 4.78 is 43.7. The number of rotatable bonds is 7. The molecule has 0 fully saturated rings. The average molecular weight is 420 g/mol. The van der Waals surface area contributed by atoms with E-state index in [1.165, 1.54) is 33.5 Å². The Morgan fingerprint density at radius 2 is 1.54 bits per heavy atom. The molecule has 0 saturated carbocycles. The molecule has 2 aromatic rings. The molecule has 26 heavy (non-hydrogen) atoms. The van der Waals surface area contributed by atoms with Crippen molar-refractivity contribution < 1.29 is 22.6 Å². The van der Waals surface area contributed by atoms with E-state index < -0.39 is 16.1 Å². The Bertz CT molecular complexity index is 902. The minimum atomic E-state index is -3.95. The van der Waals surface area contributed by atoms with Gasteiger partial charge in [0.05, 0.1) is 26.4 Å². The van der Waals surface area contributed by atoms with Gasteiger partial charge in [0.25, 0.3) is 0 Å². The lowest BCUT2D eigenvalue weighted by atomic mass is 10.1. The molecule has 0 aliphatic heterocycles. The monoisotopic (exact) mass is 419 g/mol. The molecule has 0 spiro atoms. The zero-order chi connectivity index (χ0) is 19.5. The van der Waals surface area contributed by atoms with E-state index in [1.54, 1.807) is 25.1 Å². The lowest BCUT2D eigenvalue weighted by molar-refractivity contribution is 0.395. The summed E-state index contributed by atoms with van der Waals surface area (Å²) in [6, 6.07) is 7.31. The van der Waals surface area contributed by atoms with Gasteiger partial charge < -0.3 is 14.2 Å². The second-order valence-electron chi connectivity index (χ2n) is 5.34. The number of hydrogen-bond donors (Lipinski definition) is 1. The van der Waals surface area contributed by atoms with Crippen molar-refractivity contribution in [1.29, 1.82) is 0 Å². The van der Waals surface area contributed by atoms with Gasteiger partial charge in [-0.3, -0.25) is 0 Å². The molecule has 0 bridgehead atoms. The van der Waals surface area contributed by atoms with Gasteiger partial charge in [-0.05, 0) is 37.3 Å². The van der Waals surface area contributed by atoms with Crippen LogP contribution in [0.2, 0.25) is 10.0 Å². The molecule has 0 heterocycles. The first-order chi connectivity index (χ1) is 12.2. The quantitative estimate of drug-likeness (QED) is 0.732. The van der Waals surface area contributed by atoms with Gasteiger partial charge in [0, 0.05) is 11.6 Å². The molecule has 2 aromatic carbocycles. The van der Waals surface area contributed by atoms with Gasteiger partial charge in [-0.1, -0.05) is 23.2 Å². The van der Waals surface area contributed by atoms with E-state index in [-0.39, 0.29) is 20.7 Å². The maximum absolute atomic E-state index is 12.8. The largest absolute Gasteiger partial charge is 0.497 e. The van der Waals surface area contributed by atoms with Crippen LogP contribution in [0.4, 0.5) is 0 Å². The van der Waals surface area contributed by atoms with E-state index in [2.05, 4.69) is 4.72 Å². The van der Waals surface area contributed by atoms with E-state index >= 15 is 0 Å². The van der Waals surface area contributed by atoms with Gasteiger partial charge in [0.15, 0.2) is 0 Å². The minimum absolute atomic E-state index is 0.0312. The maximum atomic E-state index is 12.8. The lowest BCUT2D eigenvalue weighted by Gasteiger charge is -2.19. The summed E-state index contributed by atoms with van der Waals surface area (Å²) >= 11 is 12.2. The molecule has 0 unspecified atom stereocenters. The van der Waals surface area contributed by atoms with Gasteiger partial charge in [-0.15, -0.1) is 0 Å². The van der Waals surface area contributed by atoms with Crippen LogP contribution in [0, 0.1) is 0 Å². The fourth-order valence-electron chi connectivity index (χ4n) is 2.42. The Kier molecular flexibility index (Phi) is 6.63. The van der Waals surface area contributed by atoms with Crippen LogP contribution in [0.3, 0.4) is 0 Å². The number of hydrogen-bond acceptors (Lipinski definition) is 5. The van der Waals surface area contributed by atoms with Crippen molar-refractivity contribution in [1.82, 2.24) is 4.72 Å². The fourth-order valence-corrected chi connectivity index (χ4v) is 4.48. The van der Waals surface area contributed by atoms with Crippen LogP contribution in [0.1, 0.15) is 18.5 Å². The molecule has 1 N–H and O–H groups in total. The second kappa shape index (κ2) is 8.35. The van der Waals surface area contributed by atoms with Crippen molar-refractivity contribution in [2.24, 2.45) is 0 Å². The summed E-state index contributed by atoms with van der Waals surface area (Å²) in [5.74, 6) is 1.40. The van der Waals surface area contributed by atoms with Crippen molar-refractivity contribution >= 4 is 33.2 Å². The molecule has 0 amide bonds. The third kappa shape index (κ3) is 4.17. The van der Waals surface area contributed by atoms with Crippen LogP contribution in [-0.2, 0) is 10.0 Å². The summed E-state index contributed by atoms with van der Waals surface area (Å²) in [4.78, 5) is -0.140. The minimum Gasteiger partial charge on any atom is -0.497 e. The highest BCUT2D eigenvalue weighted by Crippen LogP contribution is 2.37. The first kappa shape index (κ1) is 20.6. The van der Waals surface area contributed by atoms with E-state index in [9.17, 15) is 8.42 Å². The predicted molar refractivity (Wildman–Crippen MR) is 101 cm³/mol.